The van der Waals surface area contributed by atoms with E-state index in [0.29, 0.717) is 16.5 Å². The van der Waals surface area contributed by atoms with Crippen molar-refractivity contribution in [3.63, 3.8) is 0 Å². The van der Waals surface area contributed by atoms with Crippen LogP contribution in [0.3, 0.4) is 0 Å². The number of methoxy groups -OCH3 is 1. The zero-order valence-electron chi connectivity index (χ0n) is 15.2. The Bertz CT molecular complexity index is 1200. The van der Waals surface area contributed by atoms with Crippen LogP contribution < -0.4 is 21.3 Å². The largest absolute Gasteiger partial charge is 0.495 e. The van der Waals surface area contributed by atoms with Gasteiger partial charge in [0.1, 0.15) is 17.1 Å². The third kappa shape index (κ3) is 3.19. The molecule has 8 nitrogen and oxygen atoms in total. The standard InChI is InChI=1S/C18H17ClN4O4/c1-9-7-13(14(27-4)8-11(9)19)21-16(24)12-6-5-10-15(20-12)22(2)18(26)23(3)17(10)25/h5-8H,1-4H3,(H,21,24). The van der Waals surface area contributed by atoms with E-state index < -0.39 is 17.2 Å². The van der Waals surface area contributed by atoms with Gasteiger partial charge >= 0.3 is 5.69 Å². The van der Waals surface area contributed by atoms with Crippen molar-refractivity contribution in [2.24, 2.45) is 14.1 Å². The predicted octanol–water partition coefficient (Wildman–Crippen LogP) is 1.85. The number of rotatable bonds is 3. The summed E-state index contributed by atoms with van der Waals surface area (Å²) in [7, 11) is 4.35. The molecule has 2 heterocycles. The predicted molar refractivity (Wildman–Crippen MR) is 103 cm³/mol. The highest BCUT2D eigenvalue weighted by atomic mass is 35.5. The Hall–Kier alpha value is -3.13. The molecule has 1 amide bonds. The molecule has 0 unspecified atom stereocenters. The van der Waals surface area contributed by atoms with Gasteiger partial charge in [0.25, 0.3) is 11.5 Å². The van der Waals surface area contributed by atoms with Crippen LogP contribution in [-0.2, 0) is 14.1 Å². The summed E-state index contributed by atoms with van der Waals surface area (Å²) in [5.41, 5.74) is 0.403. The second kappa shape index (κ2) is 6.88. The van der Waals surface area contributed by atoms with Crippen LogP contribution in [0.2, 0.25) is 5.02 Å². The summed E-state index contributed by atoms with van der Waals surface area (Å²) >= 11 is 6.07. The molecule has 3 aromatic rings. The lowest BCUT2D eigenvalue weighted by Gasteiger charge is -2.12. The zero-order valence-corrected chi connectivity index (χ0v) is 15.9. The van der Waals surface area contributed by atoms with Crippen molar-refractivity contribution in [3.05, 3.63) is 61.4 Å². The lowest BCUT2D eigenvalue weighted by Crippen LogP contribution is -2.37. The van der Waals surface area contributed by atoms with Crippen LogP contribution >= 0.6 is 11.6 Å². The number of benzene rings is 1. The van der Waals surface area contributed by atoms with Crippen molar-refractivity contribution in [2.45, 2.75) is 6.92 Å². The van der Waals surface area contributed by atoms with Crippen LogP contribution in [0.5, 0.6) is 5.75 Å². The van der Waals surface area contributed by atoms with Gasteiger partial charge in [-0.2, -0.15) is 0 Å². The van der Waals surface area contributed by atoms with E-state index in [9.17, 15) is 14.4 Å². The maximum Gasteiger partial charge on any atom is 0.332 e. The van der Waals surface area contributed by atoms with Crippen LogP contribution in [0.1, 0.15) is 16.1 Å². The smallest absolute Gasteiger partial charge is 0.332 e. The Labute approximate surface area is 159 Å². The summed E-state index contributed by atoms with van der Waals surface area (Å²) in [5.74, 6) is -0.106. The molecule has 2 aromatic heterocycles. The number of nitrogens with zero attached hydrogens (tertiary/aromatic N) is 3. The van der Waals surface area contributed by atoms with Gasteiger partial charge in [-0.15, -0.1) is 0 Å². The van der Waals surface area contributed by atoms with E-state index in [1.54, 1.807) is 19.1 Å². The lowest BCUT2D eigenvalue weighted by atomic mass is 10.2. The fourth-order valence-corrected chi connectivity index (χ4v) is 2.85. The minimum atomic E-state index is -0.521. The topological polar surface area (TPSA) is 95.2 Å². The van der Waals surface area contributed by atoms with Gasteiger partial charge in [-0.3, -0.25) is 18.7 Å². The number of carbonyl (C=O) groups excluding carboxylic acids is 1. The summed E-state index contributed by atoms with van der Waals surface area (Å²) in [6.45, 7) is 1.80. The molecule has 0 aliphatic rings. The molecule has 27 heavy (non-hydrogen) atoms. The molecule has 0 bridgehead atoms. The molecule has 0 aliphatic carbocycles. The minimum Gasteiger partial charge on any atom is -0.495 e. The maximum absolute atomic E-state index is 12.6. The Balaban J connectivity index is 2.06. The van der Waals surface area contributed by atoms with Crippen LogP contribution in [0.25, 0.3) is 11.0 Å². The van der Waals surface area contributed by atoms with E-state index in [4.69, 9.17) is 16.3 Å². The molecular formula is C18H17ClN4O4. The highest BCUT2D eigenvalue weighted by Crippen LogP contribution is 2.31. The second-order valence-electron chi connectivity index (χ2n) is 6.03. The Morgan fingerprint density at radius 2 is 1.89 bits per heavy atom. The minimum absolute atomic E-state index is 0.0559. The van der Waals surface area contributed by atoms with E-state index in [0.717, 1.165) is 10.1 Å². The molecule has 140 valence electrons. The zero-order chi connectivity index (χ0) is 19.9. The van der Waals surface area contributed by atoms with Crippen molar-refractivity contribution in [3.8, 4) is 5.75 Å². The second-order valence-corrected chi connectivity index (χ2v) is 6.44. The van der Waals surface area contributed by atoms with Crippen molar-refractivity contribution < 1.29 is 9.53 Å². The summed E-state index contributed by atoms with van der Waals surface area (Å²) < 4.78 is 7.46. The van der Waals surface area contributed by atoms with Crippen LogP contribution in [-0.4, -0.2) is 27.1 Å². The SMILES string of the molecule is COc1cc(Cl)c(C)cc1NC(=O)c1ccc2c(=O)n(C)c(=O)n(C)c2n1. The lowest BCUT2D eigenvalue weighted by molar-refractivity contribution is 0.102. The average molecular weight is 389 g/mol. The first-order chi connectivity index (χ1) is 12.7. The summed E-state index contributed by atoms with van der Waals surface area (Å²) in [5, 5.41) is 3.47. The summed E-state index contributed by atoms with van der Waals surface area (Å²) in [4.78, 5) is 41.1. The van der Waals surface area contributed by atoms with E-state index >= 15 is 0 Å². The normalized spacial score (nSPS) is 10.9. The van der Waals surface area contributed by atoms with Crippen molar-refractivity contribution >= 4 is 34.2 Å². The van der Waals surface area contributed by atoms with Gasteiger partial charge in [-0.1, -0.05) is 11.6 Å². The third-order valence-corrected chi connectivity index (χ3v) is 4.67. The highest BCUT2D eigenvalue weighted by Gasteiger charge is 2.16. The molecule has 0 atom stereocenters. The van der Waals surface area contributed by atoms with E-state index in [1.807, 2.05) is 0 Å². The number of aromatic nitrogens is 3. The monoisotopic (exact) mass is 388 g/mol. The van der Waals surface area contributed by atoms with Crippen molar-refractivity contribution in [1.82, 2.24) is 14.1 Å². The van der Waals surface area contributed by atoms with Gasteiger partial charge in [-0.25, -0.2) is 9.78 Å². The molecule has 9 heteroatoms. The number of nitrogens with one attached hydrogen (secondary N) is 1. The van der Waals surface area contributed by atoms with Gasteiger partial charge in [0.2, 0.25) is 0 Å². The molecule has 1 N–H and O–H groups in total. The van der Waals surface area contributed by atoms with Crippen molar-refractivity contribution in [2.75, 3.05) is 12.4 Å². The van der Waals surface area contributed by atoms with E-state index in [2.05, 4.69) is 10.3 Å². The third-order valence-electron chi connectivity index (χ3n) is 4.26. The molecule has 3 rings (SSSR count). The summed E-state index contributed by atoms with van der Waals surface area (Å²) in [6, 6.07) is 6.20. The fourth-order valence-electron chi connectivity index (χ4n) is 2.70. The van der Waals surface area contributed by atoms with Gasteiger partial charge in [0.05, 0.1) is 18.2 Å². The fraction of sp³-hybridized carbons (Fsp3) is 0.222. The Morgan fingerprint density at radius 1 is 1.19 bits per heavy atom. The van der Waals surface area contributed by atoms with Crippen molar-refractivity contribution in [1.29, 1.82) is 0 Å². The number of carbonyl (C=O) groups is 1. The van der Waals surface area contributed by atoms with Crippen LogP contribution in [0, 0.1) is 6.92 Å². The molecule has 1 aromatic carbocycles. The first-order valence-electron chi connectivity index (χ1n) is 7.97. The van der Waals surface area contributed by atoms with Gasteiger partial charge in [0, 0.05) is 25.2 Å². The molecule has 0 fully saturated rings. The molecule has 0 saturated carbocycles. The van der Waals surface area contributed by atoms with Gasteiger partial charge in [0.15, 0.2) is 0 Å². The number of fused-ring (bicyclic) bond motifs is 1. The molecular weight excluding hydrogens is 372 g/mol. The first kappa shape index (κ1) is 18.7. The Kier molecular flexibility index (Phi) is 4.75. The molecule has 0 aliphatic heterocycles. The van der Waals surface area contributed by atoms with E-state index in [-0.39, 0.29) is 16.7 Å². The van der Waals surface area contributed by atoms with Crippen LogP contribution in [0.4, 0.5) is 5.69 Å². The number of hydrogen-bond acceptors (Lipinski definition) is 5. The van der Waals surface area contributed by atoms with E-state index in [1.165, 1.54) is 37.9 Å². The van der Waals surface area contributed by atoms with Gasteiger partial charge < -0.3 is 10.1 Å². The number of halogens is 1. The number of ether oxygens (including phenoxy) is 1. The quantitative estimate of drug-likeness (QED) is 0.738. The molecule has 0 radical (unpaired) electrons. The highest BCUT2D eigenvalue weighted by molar-refractivity contribution is 6.31. The first-order valence-corrected chi connectivity index (χ1v) is 8.34. The number of pyridine rings is 1. The average Bonchev–Trinajstić information content (AvgIpc) is 2.66. The van der Waals surface area contributed by atoms with Crippen LogP contribution in [0.15, 0.2) is 33.9 Å². The molecule has 0 spiro atoms. The number of aryl methyl sites for hydroxylation is 2. The summed E-state index contributed by atoms with van der Waals surface area (Å²) in [6.07, 6.45) is 0. The number of amides is 1. The maximum atomic E-state index is 12.6. The Morgan fingerprint density at radius 3 is 2.56 bits per heavy atom. The number of anilines is 1. The van der Waals surface area contributed by atoms with Gasteiger partial charge in [-0.05, 0) is 30.7 Å². The number of hydrogen-bond donors (Lipinski definition) is 1. The molecule has 0 saturated heterocycles.